The van der Waals surface area contributed by atoms with Crippen LogP contribution < -0.4 is 14.9 Å². The molecule has 0 fully saturated rings. The number of ether oxygens (including phenoxy) is 2. The molecule has 0 heterocycles. The van der Waals surface area contributed by atoms with Crippen molar-refractivity contribution in [3.63, 3.8) is 0 Å². The molecule has 0 radical (unpaired) electrons. The molecular formula is C21H18BrIN2O2. The van der Waals surface area contributed by atoms with Crippen LogP contribution in [-0.2, 0) is 6.61 Å². The van der Waals surface area contributed by atoms with E-state index in [0.29, 0.717) is 12.4 Å². The van der Waals surface area contributed by atoms with Gasteiger partial charge < -0.3 is 9.47 Å². The molecule has 0 unspecified atom stereocenters. The van der Waals surface area contributed by atoms with Gasteiger partial charge in [-0.05, 0) is 70.1 Å². The van der Waals surface area contributed by atoms with Crippen molar-refractivity contribution in [1.82, 2.24) is 0 Å². The van der Waals surface area contributed by atoms with E-state index in [1.165, 1.54) is 0 Å². The molecule has 0 aliphatic carbocycles. The van der Waals surface area contributed by atoms with Crippen LogP contribution in [0.3, 0.4) is 0 Å². The summed E-state index contributed by atoms with van der Waals surface area (Å²) in [6, 6.07) is 21.8. The minimum absolute atomic E-state index is 0.475. The van der Waals surface area contributed by atoms with Gasteiger partial charge in [-0.2, -0.15) is 5.10 Å². The Bertz CT molecular complexity index is 915. The van der Waals surface area contributed by atoms with E-state index in [1.807, 2.05) is 66.7 Å². The number of para-hydroxylation sites is 1. The molecule has 4 nitrogen and oxygen atoms in total. The van der Waals surface area contributed by atoms with Crippen molar-refractivity contribution in [3.8, 4) is 11.5 Å². The van der Waals surface area contributed by atoms with Gasteiger partial charge in [0.1, 0.15) is 6.61 Å². The number of nitrogens with one attached hydrogen (secondary N) is 1. The van der Waals surface area contributed by atoms with Gasteiger partial charge in [-0.15, -0.1) is 0 Å². The largest absolute Gasteiger partial charge is 0.493 e. The monoisotopic (exact) mass is 536 g/mol. The first kappa shape index (κ1) is 19.7. The molecule has 3 aromatic carbocycles. The molecule has 0 bridgehead atoms. The highest BCUT2D eigenvalue weighted by Crippen LogP contribution is 2.34. The third kappa shape index (κ3) is 5.71. The summed E-state index contributed by atoms with van der Waals surface area (Å²) < 4.78 is 13.5. The summed E-state index contributed by atoms with van der Waals surface area (Å²) in [5, 5.41) is 4.28. The Hall–Kier alpha value is -2.06. The summed E-state index contributed by atoms with van der Waals surface area (Å²) in [6.07, 6.45) is 1.76. The van der Waals surface area contributed by atoms with Gasteiger partial charge in [0.25, 0.3) is 0 Å². The van der Waals surface area contributed by atoms with E-state index in [4.69, 9.17) is 9.47 Å². The summed E-state index contributed by atoms with van der Waals surface area (Å²) in [7, 11) is 1.64. The Morgan fingerprint density at radius 1 is 1.07 bits per heavy atom. The number of anilines is 1. The molecule has 0 spiro atoms. The fraction of sp³-hybridized carbons (Fsp3) is 0.0952. The van der Waals surface area contributed by atoms with Crippen molar-refractivity contribution in [3.05, 3.63) is 85.9 Å². The van der Waals surface area contributed by atoms with Crippen LogP contribution in [0.1, 0.15) is 11.1 Å². The average molecular weight is 537 g/mol. The fourth-order valence-electron chi connectivity index (χ4n) is 2.38. The molecule has 0 aliphatic rings. The van der Waals surface area contributed by atoms with Crippen LogP contribution in [0, 0.1) is 3.57 Å². The predicted octanol–water partition coefficient (Wildman–Crippen LogP) is 6.09. The molecule has 0 saturated heterocycles. The maximum Gasteiger partial charge on any atom is 0.174 e. The van der Waals surface area contributed by atoms with Crippen molar-refractivity contribution in [2.45, 2.75) is 6.61 Å². The Balaban J connectivity index is 1.71. The van der Waals surface area contributed by atoms with E-state index in [9.17, 15) is 0 Å². The van der Waals surface area contributed by atoms with Crippen LogP contribution >= 0.6 is 38.5 Å². The summed E-state index contributed by atoms with van der Waals surface area (Å²) in [4.78, 5) is 0. The molecule has 0 atom stereocenters. The van der Waals surface area contributed by atoms with Gasteiger partial charge in [-0.3, -0.25) is 5.43 Å². The third-order valence-electron chi connectivity index (χ3n) is 3.73. The number of benzene rings is 3. The summed E-state index contributed by atoms with van der Waals surface area (Å²) >= 11 is 5.69. The van der Waals surface area contributed by atoms with Gasteiger partial charge in [0.15, 0.2) is 11.5 Å². The van der Waals surface area contributed by atoms with Crippen molar-refractivity contribution in [2.24, 2.45) is 5.10 Å². The van der Waals surface area contributed by atoms with Crippen LogP contribution in [0.25, 0.3) is 0 Å². The van der Waals surface area contributed by atoms with Crippen LogP contribution in [0.15, 0.2) is 76.3 Å². The number of nitrogens with zero attached hydrogens (tertiary/aromatic N) is 1. The van der Waals surface area contributed by atoms with Gasteiger partial charge in [-0.25, -0.2) is 0 Å². The van der Waals surface area contributed by atoms with Gasteiger partial charge in [-0.1, -0.05) is 46.3 Å². The van der Waals surface area contributed by atoms with E-state index in [1.54, 1.807) is 13.3 Å². The van der Waals surface area contributed by atoms with Crippen LogP contribution in [0.2, 0.25) is 0 Å². The lowest BCUT2D eigenvalue weighted by Crippen LogP contribution is -2.01. The summed E-state index contributed by atoms with van der Waals surface area (Å²) in [5.74, 6) is 1.41. The molecule has 1 N–H and O–H groups in total. The highest BCUT2D eigenvalue weighted by atomic mass is 127. The van der Waals surface area contributed by atoms with Gasteiger partial charge >= 0.3 is 0 Å². The van der Waals surface area contributed by atoms with E-state index in [-0.39, 0.29) is 0 Å². The molecule has 6 heteroatoms. The van der Waals surface area contributed by atoms with Gasteiger partial charge in [0.2, 0.25) is 0 Å². The topological polar surface area (TPSA) is 42.8 Å². The Labute approximate surface area is 180 Å². The molecule has 0 saturated carbocycles. The predicted molar refractivity (Wildman–Crippen MR) is 122 cm³/mol. The standard InChI is InChI=1S/C21H18BrIN2O2/c1-26-20-12-16(13-24-25-18-5-3-2-4-6-18)11-19(23)21(20)27-14-15-7-9-17(22)10-8-15/h2-13,25H,14H2,1H3/b24-13-. The highest BCUT2D eigenvalue weighted by Gasteiger charge is 2.11. The average Bonchev–Trinajstić information content (AvgIpc) is 2.69. The zero-order valence-corrected chi connectivity index (χ0v) is 18.4. The summed E-state index contributed by atoms with van der Waals surface area (Å²) in [6.45, 7) is 0.475. The molecular weight excluding hydrogens is 519 g/mol. The van der Waals surface area contributed by atoms with E-state index in [0.717, 1.165) is 30.6 Å². The zero-order valence-electron chi connectivity index (χ0n) is 14.7. The number of rotatable bonds is 7. The first-order chi connectivity index (χ1) is 13.2. The van der Waals surface area contributed by atoms with E-state index >= 15 is 0 Å². The normalized spacial score (nSPS) is 10.8. The van der Waals surface area contributed by atoms with Gasteiger partial charge in [0, 0.05) is 4.47 Å². The Kier molecular flexibility index (Phi) is 7.11. The van der Waals surface area contributed by atoms with Gasteiger partial charge in [0.05, 0.1) is 22.6 Å². The molecule has 138 valence electrons. The molecule has 3 rings (SSSR count). The lowest BCUT2D eigenvalue weighted by molar-refractivity contribution is 0.282. The van der Waals surface area contributed by atoms with Crippen molar-refractivity contribution in [1.29, 1.82) is 0 Å². The second-order valence-corrected chi connectivity index (χ2v) is 7.76. The number of hydrogen-bond donors (Lipinski definition) is 1. The lowest BCUT2D eigenvalue weighted by Gasteiger charge is -2.13. The second kappa shape index (κ2) is 9.75. The van der Waals surface area contributed by atoms with Crippen LogP contribution in [-0.4, -0.2) is 13.3 Å². The van der Waals surface area contributed by atoms with Crippen LogP contribution in [0.5, 0.6) is 11.5 Å². The second-order valence-electron chi connectivity index (χ2n) is 5.69. The quantitative estimate of drug-likeness (QED) is 0.226. The third-order valence-corrected chi connectivity index (χ3v) is 5.06. The lowest BCUT2D eigenvalue weighted by atomic mass is 10.2. The van der Waals surface area contributed by atoms with Crippen molar-refractivity contribution < 1.29 is 9.47 Å². The summed E-state index contributed by atoms with van der Waals surface area (Å²) in [5.41, 5.74) is 5.96. The first-order valence-corrected chi connectivity index (χ1v) is 10.1. The zero-order chi connectivity index (χ0) is 19.1. The Morgan fingerprint density at radius 3 is 2.52 bits per heavy atom. The number of hydrogen-bond acceptors (Lipinski definition) is 4. The van der Waals surface area contributed by atoms with Crippen molar-refractivity contribution in [2.75, 3.05) is 12.5 Å². The molecule has 3 aromatic rings. The molecule has 0 aliphatic heterocycles. The molecule has 0 aromatic heterocycles. The maximum atomic E-state index is 6.01. The Morgan fingerprint density at radius 2 is 1.81 bits per heavy atom. The highest BCUT2D eigenvalue weighted by molar-refractivity contribution is 14.1. The van der Waals surface area contributed by atoms with E-state index < -0.39 is 0 Å². The minimum Gasteiger partial charge on any atom is -0.493 e. The number of halogens is 2. The molecule has 27 heavy (non-hydrogen) atoms. The fourth-order valence-corrected chi connectivity index (χ4v) is 3.43. The smallest absolute Gasteiger partial charge is 0.174 e. The molecule has 0 amide bonds. The first-order valence-electron chi connectivity index (χ1n) is 8.24. The van der Waals surface area contributed by atoms with E-state index in [2.05, 4.69) is 49.0 Å². The van der Waals surface area contributed by atoms with Crippen LogP contribution in [0.4, 0.5) is 5.69 Å². The van der Waals surface area contributed by atoms with Crippen molar-refractivity contribution >= 4 is 50.4 Å². The SMILES string of the molecule is COc1cc(/C=N\Nc2ccccc2)cc(I)c1OCc1ccc(Br)cc1. The number of hydrazone groups is 1. The number of methoxy groups -OCH3 is 1. The maximum absolute atomic E-state index is 6.01. The minimum atomic E-state index is 0.475.